The quantitative estimate of drug-likeness (QED) is 0.184. The fraction of sp³-hybridized carbons (Fsp3) is 0.317. The molecule has 3 atom stereocenters. The highest BCUT2D eigenvalue weighted by Crippen LogP contribution is 2.30. The van der Waals surface area contributed by atoms with Crippen molar-refractivity contribution in [1.82, 2.24) is 14.4 Å². The van der Waals surface area contributed by atoms with Gasteiger partial charge in [0.25, 0.3) is 0 Å². The normalized spacial score (nSPS) is 17.2. The first kappa shape index (κ1) is 34.0. The van der Waals surface area contributed by atoms with Gasteiger partial charge < -0.3 is 24.6 Å². The third-order valence-electron chi connectivity index (χ3n) is 9.54. The summed E-state index contributed by atoms with van der Waals surface area (Å²) in [4.78, 5) is 30.9. The number of rotatable bonds is 10. The van der Waals surface area contributed by atoms with Crippen molar-refractivity contribution >= 4 is 28.4 Å². The maximum absolute atomic E-state index is 13.7. The maximum Gasteiger partial charge on any atom is 0.228 e. The summed E-state index contributed by atoms with van der Waals surface area (Å²) in [5.74, 6) is 0.417. The van der Waals surface area contributed by atoms with Gasteiger partial charge in [-0.15, -0.1) is 0 Å². The van der Waals surface area contributed by atoms with Crippen LogP contribution in [0.15, 0.2) is 103 Å². The van der Waals surface area contributed by atoms with Crippen LogP contribution in [0.5, 0.6) is 5.75 Å². The molecule has 8 nitrogen and oxygen atoms in total. The third kappa shape index (κ3) is 8.04. The van der Waals surface area contributed by atoms with Crippen molar-refractivity contribution in [3.63, 3.8) is 0 Å². The second-order valence-electron chi connectivity index (χ2n) is 13.5. The number of aromatic nitrogens is 1. The zero-order valence-corrected chi connectivity index (χ0v) is 28.8. The molecule has 254 valence electrons. The topological polar surface area (TPSA) is 87.0 Å². The molecule has 0 spiro atoms. The molecule has 0 saturated carbocycles. The van der Waals surface area contributed by atoms with Gasteiger partial charge in [0.2, 0.25) is 11.8 Å². The van der Waals surface area contributed by atoms with Gasteiger partial charge in [-0.3, -0.25) is 14.5 Å². The summed E-state index contributed by atoms with van der Waals surface area (Å²) in [5, 5.41) is 14.1. The molecule has 0 radical (unpaired) electrons. The van der Waals surface area contributed by atoms with Crippen molar-refractivity contribution in [1.29, 1.82) is 0 Å². The SMILES string of the molecule is C[C@H]1CN([C@@H](C)CO)C(=O)Cc2cc(NC(=O)Cc3cn(C)c4ccccc34)ccc2O[C@H]1CN(C)Cc1ccc(-c2ccccc2)cc1. The average molecular weight is 659 g/mol. The highest BCUT2D eigenvalue weighted by molar-refractivity contribution is 5.96. The first-order valence-electron chi connectivity index (χ1n) is 17.0. The smallest absolute Gasteiger partial charge is 0.228 e. The van der Waals surface area contributed by atoms with Gasteiger partial charge in [-0.05, 0) is 60.5 Å². The highest BCUT2D eigenvalue weighted by Gasteiger charge is 2.31. The largest absolute Gasteiger partial charge is 0.488 e. The summed E-state index contributed by atoms with van der Waals surface area (Å²) in [6.45, 7) is 5.69. The van der Waals surface area contributed by atoms with Crippen LogP contribution in [0.1, 0.15) is 30.5 Å². The van der Waals surface area contributed by atoms with E-state index in [1.165, 1.54) is 16.7 Å². The zero-order valence-electron chi connectivity index (χ0n) is 28.8. The Morgan fingerprint density at radius 3 is 2.47 bits per heavy atom. The van der Waals surface area contributed by atoms with Crippen molar-refractivity contribution in [3.05, 3.63) is 120 Å². The number of fused-ring (bicyclic) bond motifs is 2. The number of anilines is 1. The van der Waals surface area contributed by atoms with E-state index < -0.39 is 0 Å². The number of aliphatic hydroxyl groups excluding tert-OH is 1. The van der Waals surface area contributed by atoms with Crippen molar-refractivity contribution in [3.8, 4) is 16.9 Å². The maximum atomic E-state index is 13.7. The lowest BCUT2D eigenvalue weighted by molar-refractivity contribution is -0.134. The molecule has 1 aliphatic heterocycles. The summed E-state index contributed by atoms with van der Waals surface area (Å²) >= 11 is 0. The minimum absolute atomic E-state index is 0.00752. The van der Waals surface area contributed by atoms with Gasteiger partial charge in [0.1, 0.15) is 11.9 Å². The zero-order chi connectivity index (χ0) is 34.5. The van der Waals surface area contributed by atoms with E-state index in [0.29, 0.717) is 30.1 Å². The van der Waals surface area contributed by atoms with Gasteiger partial charge in [-0.2, -0.15) is 0 Å². The van der Waals surface area contributed by atoms with Gasteiger partial charge in [0.05, 0.1) is 25.5 Å². The molecule has 0 unspecified atom stereocenters. The van der Waals surface area contributed by atoms with Crippen LogP contribution < -0.4 is 10.1 Å². The lowest BCUT2D eigenvalue weighted by Gasteiger charge is -2.34. The molecule has 1 aromatic heterocycles. The lowest BCUT2D eigenvalue weighted by atomic mass is 10.0. The molecule has 2 N–H and O–H groups in total. The number of amides is 2. The summed E-state index contributed by atoms with van der Waals surface area (Å²) in [6, 6.07) is 32.3. The monoisotopic (exact) mass is 658 g/mol. The Morgan fingerprint density at radius 2 is 1.71 bits per heavy atom. The van der Waals surface area contributed by atoms with Gasteiger partial charge in [0, 0.05) is 61.0 Å². The number of carbonyl (C=O) groups excluding carboxylic acids is 2. The molecule has 2 heterocycles. The summed E-state index contributed by atoms with van der Waals surface area (Å²) < 4.78 is 8.77. The van der Waals surface area contributed by atoms with Crippen LogP contribution in [0, 0.1) is 5.92 Å². The summed E-state index contributed by atoms with van der Waals surface area (Å²) in [5.41, 5.74) is 6.94. The average Bonchev–Trinajstić information content (AvgIpc) is 3.43. The van der Waals surface area contributed by atoms with E-state index in [9.17, 15) is 14.7 Å². The molecule has 1 aliphatic rings. The van der Waals surface area contributed by atoms with E-state index in [4.69, 9.17) is 4.74 Å². The minimum atomic E-state index is -0.332. The van der Waals surface area contributed by atoms with Crippen LogP contribution in [0.2, 0.25) is 0 Å². The van der Waals surface area contributed by atoms with Gasteiger partial charge in [-0.25, -0.2) is 0 Å². The number of aliphatic hydroxyl groups is 1. The van der Waals surface area contributed by atoms with Crippen molar-refractivity contribution < 1.29 is 19.4 Å². The first-order chi connectivity index (χ1) is 23.7. The molecular formula is C41H46N4O4. The Morgan fingerprint density at radius 1 is 1.00 bits per heavy atom. The molecule has 2 amide bonds. The van der Waals surface area contributed by atoms with Crippen LogP contribution >= 0.6 is 0 Å². The first-order valence-corrected chi connectivity index (χ1v) is 17.0. The van der Waals surface area contributed by atoms with Crippen LogP contribution in [-0.2, 0) is 36.0 Å². The lowest BCUT2D eigenvalue weighted by Crippen LogP contribution is -2.47. The number of carbonyl (C=O) groups is 2. The molecule has 49 heavy (non-hydrogen) atoms. The predicted octanol–water partition coefficient (Wildman–Crippen LogP) is 6.31. The number of nitrogens with one attached hydrogen (secondary N) is 1. The number of benzene rings is 4. The Kier molecular flexibility index (Phi) is 10.5. The van der Waals surface area contributed by atoms with E-state index in [1.54, 1.807) is 4.90 Å². The number of likely N-dealkylation sites (N-methyl/N-ethyl adjacent to an activating group) is 1. The van der Waals surface area contributed by atoms with Crippen molar-refractivity contribution in [2.75, 3.05) is 32.1 Å². The number of hydrogen-bond donors (Lipinski definition) is 2. The molecule has 0 fully saturated rings. The third-order valence-corrected chi connectivity index (χ3v) is 9.54. The fourth-order valence-electron chi connectivity index (χ4n) is 6.79. The molecule has 8 heteroatoms. The fourth-order valence-corrected chi connectivity index (χ4v) is 6.79. The Balaban J connectivity index is 1.19. The summed E-state index contributed by atoms with van der Waals surface area (Å²) in [7, 11) is 4.07. The Hall–Kier alpha value is -4.92. The molecule has 4 aromatic carbocycles. The van der Waals surface area contributed by atoms with E-state index in [-0.39, 0.29) is 49.3 Å². The number of para-hydroxylation sites is 1. The molecule has 0 aliphatic carbocycles. The van der Waals surface area contributed by atoms with E-state index in [0.717, 1.165) is 23.0 Å². The number of aryl methyl sites for hydroxylation is 1. The Bertz CT molecular complexity index is 1900. The van der Waals surface area contributed by atoms with Crippen LogP contribution in [0.4, 0.5) is 5.69 Å². The minimum Gasteiger partial charge on any atom is -0.488 e. The van der Waals surface area contributed by atoms with Crippen molar-refractivity contribution in [2.45, 2.75) is 45.4 Å². The molecule has 0 bridgehead atoms. The standard InChI is InChI=1S/C41H46N4O4/c1-28-23-45(29(2)27-46)41(48)22-33-20-35(42-40(47)21-34-25-44(4)37-13-9-8-12-36(34)37)18-19-38(33)49-39(28)26-43(3)24-30-14-16-32(17-15-30)31-10-6-5-7-11-31/h5-20,25,28-29,39,46H,21-24,26-27H2,1-4H3,(H,42,47)/t28-,29-,39-/m0/s1. The molecule has 5 aromatic rings. The molecule has 0 saturated heterocycles. The summed E-state index contributed by atoms with van der Waals surface area (Å²) in [6.07, 6.45) is 2.11. The number of nitrogens with zero attached hydrogens (tertiary/aromatic N) is 3. The van der Waals surface area contributed by atoms with E-state index >= 15 is 0 Å². The second-order valence-corrected chi connectivity index (χ2v) is 13.5. The molecular weight excluding hydrogens is 612 g/mol. The van der Waals surface area contributed by atoms with E-state index in [1.807, 2.05) is 85.4 Å². The predicted molar refractivity (Wildman–Crippen MR) is 195 cm³/mol. The van der Waals surface area contributed by atoms with E-state index in [2.05, 4.69) is 60.6 Å². The van der Waals surface area contributed by atoms with Crippen LogP contribution in [-0.4, -0.2) is 70.2 Å². The van der Waals surface area contributed by atoms with Crippen molar-refractivity contribution in [2.24, 2.45) is 13.0 Å². The van der Waals surface area contributed by atoms with Gasteiger partial charge >= 0.3 is 0 Å². The molecule has 6 rings (SSSR count). The Labute approximate surface area is 288 Å². The number of hydrogen-bond acceptors (Lipinski definition) is 5. The highest BCUT2D eigenvalue weighted by atomic mass is 16.5. The van der Waals surface area contributed by atoms with Crippen LogP contribution in [0.3, 0.4) is 0 Å². The second kappa shape index (κ2) is 15.1. The van der Waals surface area contributed by atoms with Gasteiger partial charge in [0.15, 0.2) is 0 Å². The van der Waals surface area contributed by atoms with Gasteiger partial charge in [-0.1, -0.05) is 79.7 Å². The van der Waals surface area contributed by atoms with Crippen LogP contribution in [0.25, 0.3) is 22.0 Å². The number of ether oxygens (including phenoxy) is 1.